The van der Waals surface area contributed by atoms with Crippen LogP contribution < -0.4 is 11.1 Å². The van der Waals surface area contributed by atoms with Crippen molar-refractivity contribution in [2.45, 2.75) is 32.9 Å². The van der Waals surface area contributed by atoms with Crippen LogP contribution in [0.2, 0.25) is 0 Å². The summed E-state index contributed by atoms with van der Waals surface area (Å²) in [7, 11) is 0. The summed E-state index contributed by atoms with van der Waals surface area (Å²) in [6.45, 7) is 10.0. The van der Waals surface area contributed by atoms with Gasteiger partial charge < -0.3 is 16.0 Å². The van der Waals surface area contributed by atoms with Gasteiger partial charge in [-0.1, -0.05) is 31.2 Å². The highest BCUT2D eigenvalue weighted by atomic mass is 16.1. The fraction of sp³-hybridized carbons (Fsp3) is 0.611. The molecule has 5 heteroatoms. The van der Waals surface area contributed by atoms with Crippen molar-refractivity contribution in [3.63, 3.8) is 0 Å². The maximum atomic E-state index is 11.8. The van der Waals surface area contributed by atoms with E-state index in [9.17, 15) is 4.79 Å². The van der Waals surface area contributed by atoms with Gasteiger partial charge in [-0.3, -0.25) is 9.69 Å². The van der Waals surface area contributed by atoms with Crippen molar-refractivity contribution < 1.29 is 4.79 Å². The molecule has 1 aliphatic heterocycles. The largest absolute Gasteiger partial charge is 0.352 e. The minimum Gasteiger partial charge on any atom is -0.352 e. The van der Waals surface area contributed by atoms with Crippen LogP contribution in [0.1, 0.15) is 30.9 Å². The van der Waals surface area contributed by atoms with Crippen molar-refractivity contribution in [1.29, 1.82) is 0 Å². The average molecular weight is 318 g/mol. The number of nitrogens with one attached hydrogen (secondary N) is 1. The van der Waals surface area contributed by atoms with Crippen LogP contribution in [0, 0.1) is 0 Å². The van der Waals surface area contributed by atoms with Crippen molar-refractivity contribution in [1.82, 2.24) is 15.1 Å². The summed E-state index contributed by atoms with van der Waals surface area (Å²) in [6, 6.07) is 8.41. The van der Waals surface area contributed by atoms with Gasteiger partial charge in [0.1, 0.15) is 0 Å². The van der Waals surface area contributed by atoms with Crippen molar-refractivity contribution >= 4 is 5.91 Å². The zero-order valence-electron chi connectivity index (χ0n) is 14.3. The molecule has 1 aliphatic rings. The topological polar surface area (TPSA) is 61.6 Å². The quantitative estimate of drug-likeness (QED) is 0.755. The number of nitrogens with zero attached hydrogens (tertiary/aromatic N) is 2. The van der Waals surface area contributed by atoms with Gasteiger partial charge >= 0.3 is 0 Å². The standard InChI is InChI=1S/C18H30N4O/c1-2-21-10-12-22(13-11-21)15-17-7-4-3-6-16(17)14-20-18(23)8-5-9-19/h3-4,6-7H,2,5,8-15,19H2,1H3,(H,20,23). The summed E-state index contributed by atoms with van der Waals surface area (Å²) in [5.74, 6) is 0.0850. The molecular formula is C18H30N4O. The third kappa shape index (κ3) is 5.94. The van der Waals surface area contributed by atoms with E-state index in [0.717, 1.165) is 45.7 Å². The van der Waals surface area contributed by atoms with Gasteiger partial charge in [0.05, 0.1) is 0 Å². The van der Waals surface area contributed by atoms with Gasteiger partial charge in [0.15, 0.2) is 0 Å². The fourth-order valence-corrected chi connectivity index (χ4v) is 2.93. The lowest BCUT2D eigenvalue weighted by molar-refractivity contribution is -0.121. The lowest BCUT2D eigenvalue weighted by atomic mass is 10.1. The van der Waals surface area contributed by atoms with Crippen LogP contribution in [0.4, 0.5) is 0 Å². The Bertz CT molecular complexity index is 484. The molecule has 0 radical (unpaired) electrons. The van der Waals surface area contributed by atoms with Crippen LogP contribution in [0.3, 0.4) is 0 Å². The van der Waals surface area contributed by atoms with Crippen molar-refractivity contribution in [2.75, 3.05) is 39.3 Å². The average Bonchev–Trinajstić information content (AvgIpc) is 2.60. The summed E-state index contributed by atoms with van der Waals surface area (Å²) in [5, 5.41) is 3.01. The van der Waals surface area contributed by atoms with Crippen LogP contribution >= 0.6 is 0 Å². The Kier molecular flexibility index (Phi) is 7.52. The summed E-state index contributed by atoms with van der Waals surface area (Å²) < 4.78 is 0. The second-order valence-corrected chi connectivity index (χ2v) is 6.15. The number of carbonyl (C=O) groups excluding carboxylic acids is 1. The minimum absolute atomic E-state index is 0.0850. The van der Waals surface area contributed by atoms with Crippen molar-refractivity contribution in [3.8, 4) is 0 Å². The Morgan fingerprint density at radius 3 is 2.43 bits per heavy atom. The Labute approximate surface area is 139 Å². The minimum atomic E-state index is 0.0850. The SMILES string of the molecule is CCN1CCN(Cc2ccccc2CNC(=O)CCCN)CC1. The van der Waals surface area contributed by atoms with Gasteiger partial charge in [-0.25, -0.2) is 0 Å². The highest BCUT2D eigenvalue weighted by molar-refractivity contribution is 5.75. The number of hydrogen-bond donors (Lipinski definition) is 2. The molecular weight excluding hydrogens is 288 g/mol. The zero-order valence-corrected chi connectivity index (χ0v) is 14.3. The van der Waals surface area contributed by atoms with E-state index >= 15 is 0 Å². The number of nitrogens with two attached hydrogens (primary N) is 1. The van der Waals surface area contributed by atoms with Gasteiger partial charge in [-0.15, -0.1) is 0 Å². The van der Waals surface area contributed by atoms with E-state index in [-0.39, 0.29) is 5.91 Å². The Morgan fingerprint density at radius 2 is 1.78 bits per heavy atom. The molecule has 0 atom stereocenters. The molecule has 23 heavy (non-hydrogen) atoms. The lowest BCUT2D eigenvalue weighted by Gasteiger charge is -2.34. The number of hydrogen-bond acceptors (Lipinski definition) is 4. The van der Waals surface area contributed by atoms with Gasteiger partial charge in [-0.2, -0.15) is 0 Å². The molecule has 1 aromatic carbocycles. The Morgan fingerprint density at radius 1 is 1.13 bits per heavy atom. The van der Waals surface area contributed by atoms with Crippen LogP contribution in [-0.2, 0) is 17.9 Å². The molecule has 128 valence electrons. The first-order chi connectivity index (χ1) is 11.2. The fourth-order valence-electron chi connectivity index (χ4n) is 2.93. The molecule has 0 aromatic heterocycles. The van der Waals surface area contributed by atoms with Crippen LogP contribution in [0.5, 0.6) is 0 Å². The number of piperazine rings is 1. The first-order valence-corrected chi connectivity index (χ1v) is 8.71. The molecule has 0 unspecified atom stereocenters. The summed E-state index contributed by atoms with van der Waals surface area (Å²) in [5.41, 5.74) is 7.97. The first kappa shape index (κ1) is 17.9. The van der Waals surface area contributed by atoms with E-state index < -0.39 is 0 Å². The Hall–Kier alpha value is -1.43. The van der Waals surface area contributed by atoms with Gasteiger partial charge in [-0.05, 0) is 30.6 Å². The van der Waals surface area contributed by atoms with E-state index in [2.05, 4.69) is 40.2 Å². The molecule has 1 aromatic rings. The molecule has 0 aliphatic carbocycles. The van der Waals surface area contributed by atoms with Crippen molar-refractivity contribution in [3.05, 3.63) is 35.4 Å². The molecule has 3 N–H and O–H groups in total. The molecule has 5 nitrogen and oxygen atoms in total. The van der Waals surface area contributed by atoms with Gasteiger partial charge in [0, 0.05) is 45.7 Å². The number of amides is 1. The summed E-state index contributed by atoms with van der Waals surface area (Å²) in [4.78, 5) is 16.8. The van der Waals surface area contributed by atoms with Crippen LogP contribution in [0.25, 0.3) is 0 Å². The van der Waals surface area contributed by atoms with Crippen molar-refractivity contribution in [2.24, 2.45) is 5.73 Å². The maximum Gasteiger partial charge on any atom is 0.220 e. The monoisotopic (exact) mass is 318 g/mol. The number of benzene rings is 1. The second kappa shape index (κ2) is 9.65. The molecule has 0 spiro atoms. The maximum absolute atomic E-state index is 11.8. The predicted octanol–water partition coefficient (Wildman–Crippen LogP) is 1.18. The Balaban J connectivity index is 1.86. The summed E-state index contributed by atoms with van der Waals surface area (Å²) >= 11 is 0. The number of likely N-dealkylation sites (N-methyl/N-ethyl adjacent to an activating group) is 1. The molecule has 2 rings (SSSR count). The molecule has 1 fully saturated rings. The van der Waals surface area contributed by atoms with Gasteiger partial charge in [0.25, 0.3) is 0 Å². The zero-order chi connectivity index (χ0) is 16.5. The highest BCUT2D eigenvalue weighted by Gasteiger charge is 2.16. The van der Waals surface area contributed by atoms with E-state index in [4.69, 9.17) is 5.73 Å². The molecule has 1 heterocycles. The number of carbonyl (C=O) groups is 1. The second-order valence-electron chi connectivity index (χ2n) is 6.15. The molecule has 1 amide bonds. The molecule has 0 saturated carbocycles. The van der Waals surface area contributed by atoms with E-state index in [1.54, 1.807) is 0 Å². The highest BCUT2D eigenvalue weighted by Crippen LogP contribution is 2.13. The van der Waals surface area contributed by atoms with Gasteiger partial charge in [0.2, 0.25) is 5.91 Å². The number of rotatable bonds is 8. The third-order valence-electron chi connectivity index (χ3n) is 4.51. The predicted molar refractivity (Wildman–Crippen MR) is 94.0 cm³/mol. The smallest absolute Gasteiger partial charge is 0.220 e. The summed E-state index contributed by atoms with van der Waals surface area (Å²) in [6.07, 6.45) is 1.26. The first-order valence-electron chi connectivity index (χ1n) is 8.71. The molecule has 1 saturated heterocycles. The van der Waals surface area contributed by atoms with E-state index in [1.807, 2.05) is 6.07 Å². The van der Waals surface area contributed by atoms with Crippen LogP contribution in [0.15, 0.2) is 24.3 Å². The third-order valence-corrected chi connectivity index (χ3v) is 4.51. The normalized spacial score (nSPS) is 16.4. The molecule has 0 bridgehead atoms. The van der Waals surface area contributed by atoms with Crippen LogP contribution in [-0.4, -0.2) is 55.0 Å². The van der Waals surface area contributed by atoms with E-state index in [1.165, 1.54) is 11.1 Å². The lowest BCUT2D eigenvalue weighted by Crippen LogP contribution is -2.45. The van der Waals surface area contributed by atoms with E-state index in [0.29, 0.717) is 19.5 Å².